The maximum Gasteiger partial charge on any atom is 0.248 e. The second kappa shape index (κ2) is 9.35. The number of thiophene rings is 1. The summed E-state index contributed by atoms with van der Waals surface area (Å²) in [5.41, 5.74) is 2.30. The lowest BCUT2D eigenvalue weighted by atomic mass is 9.95. The Bertz CT molecular complexity index is 1160. The van der Waals surface area contributed by atoms with Gasteiger partial charge in [0, 0.05) is 24.0 Å². The topological polar surface area (TPSA) is 92.5 Å². The first-order chi connectivity index (χ1) is 15.3. The van der Waals surface area contributed by atoms with Gasteiger partial charge in [-0.15, -0.1) is 0 Å². The average Bonchev–Trinajstić information content (AvgIpc) is 3.42. The molecule has 0 bridgehead atoms. The Morgan fingerprint density at radius 1 is 1.19 bits per heavy atom. The Morgan fingerprint density at radius 2 is 1.88 bits per heavy atom. The highest BCUT2D eigenvalue weighted by atomic mass is 35.5. The minimum absolute atomic E-state index is 0.0782. The minimum Gasteiger partial charge on any atom is -0.360 e. The fourth-order valence-corrected chi connectivity index (χ4v) is 6.62. The van der Waals surface area contributed by atoms with E-state index in [0.717, 1.165) is 11.1 Å². The number of rotatable bonds is 6. The molecule has 3 heterocycles. The number of nitrogens with zero attached hydrogens (tertiary/aromatic N) is 2. The third kappa shape index (κ3) is 4.61. The SMILES string of the molecule is Cc1noc(C)c1S(=O)(=O)N1CCC(C(=O)NC(c2ccc(Cl)cc2)c2ccsc2)CC1. The van der Waals surface area contributed by atoms with Gasteiger partial charge in [-0.1, -0.05) is 28.9 Å². The molecule has 1 aliphatic rings. The lowest BCUT2D eigenvalue weighted by Crippen LogP contribution is -2.44. The molecule has 1 unspecified atom stereocenters. The standard InChI is InChI=1S/C22H24ClN3O4S2/c1-14-21(15(2)30-25-14)32(28,29)26-10-7-17(8-11-26)22(27)24-20(18-9-12-31-13-18)16-3-5-19(23)6-4-16/h3-6,9,12-13,17,20H,7-8,10-11H2,1-2H3,(H,24,27). The molecule has 10 heteroatoms. The summed E-state index contributed by atoms with van der Waals surface area (Å²) < 4.78 is 32.5. The van der Waals surface area contributed by atoms with Crippen LogP contribution in [0.15, 0.2) is 50.5 Å². The summed E-state index contributed by atoms with van der Waals surface area (Å²) in [4.78, 5) is 13.2. The molecule has 3 aromatic rings. The predicted octanol–water partition coefficient (Wildman–Crippen LogP) is 4.31. The molecule has 170 valence electrons. The summed E-state index contributed by atoms with van der Waals surface area (Å²) in [5.74, 6) is -0.0611. The number of hydrogen-bond donors (Lipinski definition) is 1. The predicted molar refractivity (Wildman–Crippen MR) is 123 cm³/mol. The van der Waals surface area contributed by atoms with Gasteiger partial charge in [-0.3, -0.25) is 4.79 Å². The van der Waals surface area contributed by atoms with E-state index < -0.39 is 10.0 Å². The number of nitrogens with one attached hydrogen (secondary N) is 1. The molecule has 1 N–H and O–H groups in total. The first-order valence-corrected chi connectivity index (χ1v) is 13.0. The first-order valence-electron chi connectivity index (χ1n) is 10.3. The van der Waals surface area contributed by atoms with Gasteiger partial charge < -0.3 is 9.84 Å². The van der Waals surface area contributed by atoms with Crippen molar-refractivity contribution in [1.82, 2.24) is 14.8 Å². The zero-order valence-electron chi connectivity index (χ0n) is 17.7. The van der Waals surface area contributed by atoms with Crippen LogP contribution in [0.5, 0.6) is 0 Å². The van der Waals surface area contributed by atoms with Gasteiger partial charge in [0.1, 0.15) is 10.6 Å². The van der Waals surface area contributed by atoms with Gasteiger partial charge in [0.05, 0.1) is 6.04 Å². The van der Waals surface area contributed by atoms with Crippen molar-refractivity contribution in [1.29, 1.82) is 0 Å². The van der Waals surface area contributed by atoms with E-state index in [-0.39, 0.29) is 41.6 Å². The van der Waals surface area contributed by atoms with Crippen molar-refractivity contribution in [2.45, 2.75) is 37.6 Å². The molecule has 1 fully saturated rings. The second-order valence-electron chi connectivity index (χ2n) is 7.88. The molecule has 1 saturated heterocycles. The van der Waals surface area contributed by atoms with Crippen LogP contribution in [0.25, 0.3) is 0 Å². The van der Waals surface area contributed by atoms with Crippen LogP contribution in [0, 0.1) is 19.8 Å². The summed E-state index contributed by atoms with van der Waals surface area (Å²) in [7, 11) is -3.70. The summed E-state index contributed by atoms with van der Waals surface area (Å²) in [6.07, 6.45) is 0.900. The normalized spacial score (nSPS) is 16.7. The number of hydrogen-bond acceptors (Lipinski definition) is 6. The zero-order chi connectivity index (χ0) is 22.9. The van der Waals surface area contributed by atoms with Gasteiger partial charge >= 0.3 is 0 Å². The number of amides is 1. The van der Waals surface area contributed by atoms with Crippen molar-refractivity contribution >= 4 is 38.9 Å². The summed E-state index contributed by atoms with van der Waals surface area (Å²) >= 11 is 7.60. The molecule has 4 rings (SSSR count). The van der Waals surface area contributed by atoms with Crippen LogP contribution in [0.2, 0.25) is 5.02 Å². The Morgan fingerprint density at radius 3 is 2.44 bits per heavy atom. The third-order valence-electron chi connectivity index (χ3n) is 5.76. The fourth-order valence-electron chi connectivity index (χ4n) is 4.04. The highest BCUT2D eigenvalue weighted by Gasteiger charge is 2.36. The van der Waals surface area contributed by atoms with Crippen molar-refractivity contribution in [2.24, 2.45) is 5.92 Å². The molecule has 1 atom stereocenters. The van der Waals surface area contributed by atoms with Crippen LogP contribution in [-0.4, -0.2) is 36.9 Å². The van der Waals surface area contributed by atoms with E-state index in [0.29, 0.717) is 23.6 Å². The van der Waals surface area contributed by atoms with Gasteiger partial charge in [0.15, 0.2) is 5.76 Å². The number of piperidine rings is 1. The van der Waals surface area contributed by atoms with E-state index in [1.54, 1.807) is 37.3 Å². The first kappa shape index (κ1) is 23.0. The van der Waals surface area contributed by atoms with E-state index in [1.165, 1.54) is 4.31 Å². The summed E-state index contributed by atoms with van der Waals surface area (Å²) in [6.45, 7) is 3.75. The van der Waals surface area contributed by atoms with Gasteiger partial charge in [0.25, 0.3) is 0 Å². The Labute approximate surface area is 196 Å². The maximum absolute atomic E-state index is 13.1. The summed E-state index contributed by atoms with van der Waals surface area (Å²) in [6, 6.07) is 9.13. The molecule has 0 saturated carbocycles. The van der Waals surface area contributed by atoms with E-state index in [4.69, 9.17) is 16.1 Å². The zero-order valence-corrected chi connectivity index (χ0v) is 20.1. The van der Waals surface area contributed by atoms with Crippen LogP contribution in [0.1, 0.15) is 41.5 Å². The molecule has 1 aliphatic heterocycles. The maximum atomic E-state index is 13.1. The molecule has 0 radical (unpaired) electrons. The molecule has 0 aliphatic carbocycles. The Balaban J connectivity index is 1.45. The number of halogens is 1. The molecule has 0 spiro atoms. The van der Waals surface area contributed by atoms with Gasteiger partial charge in [0.2, 0.25) is 15.9 Å². The number of benzene rings is 1. The van der Waals surface area contributed by atoms with Crippen molar-refractivity contribution < 1.29 is 17.7 Å². The van der Waals surface area contributed by atoms with Crippen molar-refractivity contribution in [2.75, 3.05) is 13.1 Å². The molecular weight excluding hydrogens is 470 g/mol. The Hall–Kier alpha value is -2.20. The largest absolute Gasteiger partial charge is 0.360 e. The second-order valence-corrected chi connectivity index (χ2v) is 11.0. The van der Waals surface area contributed by atoms with E-state index in [9.17, 15) is 13.2 Å². The summed E-state index contributed by atoms with van der Waals surface area (Å²) in [5, 5.41) is 11.5. The number of aromatic nitrogens is 1. The lowest BCUT2D eigenvalue weighted by Gasteiger charge is -2.31. The third-order valence-corrected chi connectivity index (χ3v) is 8.85. The van der Waals surface area contributed by atoms with E-state index >= 15 is 0 Å². The number of aryl methyl sites for hydroxylation is 2. The Kier molecular flexibility index (Phi) is 6.71. The number of carbonyl (C=O) groups excluding carboxylic acids is 1. The lowest BCUT2D eigenvalue weighted by molar-refractivity contribution is -0.126. The minimum atomic E-state index is -3.70. The number of carbonyl (C=O) groups is 1. The van der Waals surface area contributed by atoms with E-state index in [2.05, 4.69) is 10.5 Å². The van der Waals surface area contributed by atoms with Gasteiger partial charge in [-0.05, 0) is 66.8 Å². The van der Waals surface area contributed by atoms with Gasteiger partial charge in [-0.25, -0.2) is 8.42 Å². The molecule has 1 amide bonds. The molecule has 1 aromatic carbocycles. The molecular formula is C22H24ClN3O4S2. The smallest absolute Gasteiger partial charge is 0.248 e. The quantitative estimate of drug-likeness (QED) is 0.552. The van der Waals surface area contributed by atoms with Crippen LogP contribution in [-0.2, 0) is 14.8 Å². The van der Waals surface area contributed by atoms with E-state index in [1.807, 2.05) is 29.0 Å². The monoisotopic (exact) mass is 493 g/mol. The molecule has 2 aromatic heterocycles. The fraction of sp³-hybridized carbons (Fsp3) is 0.364. The highest BCUT2D eigenvalue weighted by molar-refractivity contribution is 7.89. The van der Waals surface area contributed by atoms with Crippen molar-refractivity contribution in [3.8, 4) is 0 Å². The van der Waals surface area contributed by atoms with Crippen LogP contribution >= 0.6 is 22.9 Å². The van der Waals surface area contributed by atoms with Crippen molar-refractivity contribution in [3.63, 3.8) is 0 Å². The highest BCUT2D eigenvalue weighted by Crippen LogP contribution is 2.30. The van der Waals surface area contributed by atoms with Gasteiger partial charge in [-0.2, -0.15) is 15.6 Å². The molecule has 7 nitrogen and oxygen atoms in total. The van der Waals surface area contributed by atoms with Crippen LogP contribution in [0.4, 0.5) is 0 Å². The average molecular weight is 494 g/mol. The molecule has 32 heavy (non-hydrogen) atoms. The van der Waals surface area contributed by atoms with Crippen molar-refractivity contribution in [3.05, 3.63) is 68.7 Å². The van der Waals surface area contributed by atoms with Crippen LogP contribution < -0.4 is 5.32 Å². The van der Waals surface area contributed by atoms with Crippen LogP contribution in [0.3, 0.4) is 0 Å². The number of sulfonamides is 1.